The third kappa shape index (κ3) is 3.89. The highest BCUT2D eigenvalue weighted by Crippen LogP contribution is 2.19. The Morgan fingerprint density at radius 2 is 1.69 bits per heavy atom. The third-order valence-electron chi connectivity index (χ3n) is 5.30. The topological polar surface area (TPSA) is 60.9 Å². The van der Waals surface area contributed by atoms with Crippen LogP contribution in [0.1, 0.15) is 42.6 Å². The summed E-state index contributed by atoms with van der Waals surface area (Å²) in [4.78, 5) is 41.9. The second-order valence-electron chi connectivity index (χ2n) is 7.31. The van der Waals surface area contributed by atoms with Gasteiger partial charge in [0.1, 0.15) is 0 Å². The van der Waals surface area contributed by atoms with Gasteiger partial charge < -0.3 is 14.7 Å². The largest absolute Gasteiger partial charge is 0.338 e. The normalized spacial score (nSPS) is 21.3. The summed E-state index contributed by atoms with van der Waals surface area (Å²) in [7, 11) is 0. The zero-order valence-electron chi connectivity index (χ0n) is 15.6. The molecular weight excluding hydrogens is 330 g/mol. The number of likely N-dealkylation sites (tertiary alicyclic amines) is 1. The minimum Gasteiger partial charge on any atom is -0.338 e. The summed E-state index contributed by atoms with van der Waals surface area (Å²) in [6, 6.07) is 7.41. The van der Waals surface area contributed by atoms with Gasteiger partial charge in [0.15, 0.2) is 0 Å². The monoisotopic (exact) mass is 357 g/mol. The minimum absolute atomic E-state index is 0.0749. The molecular formula is C20H27N3O3. The molecule has 3 rings (SSSR count). The zero-order chi connectivity index (χ0) is 18.7. The smallest absolute Gasteiger partial charge is 0.312 e. The van der Waals surface area contributed by atoms with Gasteiger partial charge in [0.05, 0.1) is 0 Å². The van der Waals surface area contributed by atoms with Crippen molar-refractivity contribution in [1.29, 1.82) is 0 Å². The van der Waals surface area contributed by atoms with E-state index in [1.807, 2.05) is 36.1 Å². The molecule has 0 aliphatic carbocycles. The van der Waals surface area contributed by atoms with Crippen molar-refractivity contribution in [3.05, 3.63) is 35.4 Å². The van der Waals surface area contributed by atoms with Crippen molar-refractivity contribution in [2.75, 3.05) is 32.7 Å². The summed E-state index contributed by atoms with van der Waals surface area (Å²) in [5.74, 6) is -0.242. The van der Waals surface area contributed by atoms with Gasteiger partial charge in [-0.2, -0.15) is 0 Å². The molecule has 2 heterocycles. The second-order valence-corrected chi connectivity index (χ2v) is 7.31. The van der Waals surface area contributed by atoms with Crippen LogP contribution in [0.5, 0.6) is 0 Å². The molecule has 26 heavy (non-hydrogen) atoms. The molecule has 2 fully saturated rings. The molecule has 0 saturated carbocycles. The number of nitrogens with zero attached hydrogens (tertiary/aromatic N) is 3. The third-order valence-corrected chi connectivity index (χ3v) is 5.30. The summed E-state index contributed by atoms with van der Waals surface area (Å²) < 4.78 is 0. The molecule has 0 bridgehead atoms. The lowest BCUT2D eigenvalue weighted by molar-refractivity contribution is -0.156. The van der Waals surface area contributed by atoms with Crippen LogP contribution in [0.25, 0.3) is 0 Å². The Hall–Kier alpha value is -2.37. The molecule has 1 aromatic rings. The first kappa shape index (κ1) is 18.4. The number of likely N-dealkylation sites (N-methyl/N-ethyl adjacent to an activating group) is 1. The van der Waals surface area contributed by atoms with E-state index in [1.54, 1.807) is 9.80 Å². The standard InChI is InChI=1S/C20H27N3O3/c1-3-21-11-12-23(20(26)19(21)25)14-16-6-8-17(9-7-16)18(24)22-10-4-5-15(2)13-22/h6-9,15H,3-5,10-14H2,1-2H3. The van der Waals surface area contributed by atoms with E-state index in [0.29, 0.717) is 37.7 Å². The molecule has 1 aromatic carbocycles. The molecule has 0 spiro atoms. The Labute approximate surface area is 154 Å². The van der Waals surface area contributed by atoms with Gasteiger partial charge in [-0.1, -0.05) is 19.1 Å². The number of carbonyl (C=O) groups is 3. The van der Waals surface area contributed by atoms with Gasteiger partial charge in [-0.05, 0) is 43.4 Å². The van der Waals surface area contributed by atoms with Gasteiger partial charge in [0, 0.05) is 44.8 Å². The molecule has 140 valence electrons. The lowest BCUT2D eigenvalue weighted by Gasteiger charge is -2.33. The molecule has 1 unspecified atom stereocenters. The number of hydrogen-bond acceptors (Lipinski definition) is 3. The van der Waals surface area contributed by atoms with Gasteiger partial charge >= 0.3 is 11.8 Å². The number of rotatable bonds is 4. The predicted molar refractivity (Wildman–Crippen MR) is 98.4 cm³/mol. The van der Waals surface area contributed by atoms with Gasteiger partial charge in [-0.25, -0.2) is 0 Å². The van der Waals surface area contributed by atoms with E-state index >= 15 is 0 Å². The van der Waals surface area contributed by atoms with Crippen LogP contribution in [0, 0.1) is 5.92 Å². The molecule has 2 saturated heterocycles. The highest BCUT2D eigenvalue weighted by molar-refractivity contribution is 6.35. The Morgan fingerprint density at radius 3 is 2.35 bits per heavy atom. The number of carbonyl (C=O) groups excluding carboxylic acids is 3. The summed E-state index contributed by atoms with van der Waals surface area (Å²) >= 11 is 0. The van der Waals surface area contributed by atoms with Gasteiger partial charge in [-0.3, -0.25) is 14.4 Å². The lowest BCUT2D eigenvalue weighted by Crippen LogP contribution is -2.53. The van der Waals surface area contributed by atoms with Gasteiger partial charge in [-0.15, -0.1) is 0 Å². The van der Waals surface area contributed by atoms with E-state index in [9.17, 15) is 14.4 Å². The Morgan fingerprint density at radius 1 is 1.04 bits per heavy atom. The van der Waals surface area contributed by atoms with Crippen LogP contribution in [0.3, 0.4) is 0 Å². The summed E-state index contributed by atoms with van der Waals surface area (Å²) in [5, 5.41) is 0. The first-order chi connectivity index (χ1) is 12.5. The van der Waals surface area contributed by atoms with E-state index in [-0.39, 0.29) is 5.91 Å². The predicted octanol–water partition coefficient (Wildman–Crippen LogP) is 1.75. The maximum absolute atomic E-state index is 12.6. The van der Waals surface area contributed by atoms with E-state index in [1.165, 1.54) is 6.42 Å². The van der Waals surface area contributed by atoms with Gasteiger partial charge in [0.2, 0.25) is 0 Å². The first-order valence-corrected chi connectivity index (χ1v) is 9.46. The number of amides is 3. The number of piperazine rings is 1. The fourth-order valence-electron chi connectivity index (χ4n) is 3.70. The molecule has 0 N–H and O–H groups in total. The molecule has 6 nitrogen and oxygen atoms in total. The molecule has 6 heteroatoms. The molecule has 2 aliphatic heterocycles. The van der Waals surface area contributed by atoms with E-state index in [0.717, 1.165) is 25.1 Å². The number of piperidine rings is 1. The van der Waals surface area contributed by atoms with E-state index in [4.69, 9.17) is 0 Å². The Balaban J connectivity index is 1.62. The van der Waals surface area contributed by atoms with Crippen LogP contribution >= 0.6 is 0 Å². The highest BCUT2D eigenvalue weighted by Gasteiger charge is 2.31. The van der Waals surface area contributed by atoms with Crippen molar-refractivity contribution >= 4 is 17.7 Å². The average molecular weight is 357 g/mol. The highest BCUT2D eigenvalue weighted by atomic mass is 16.2. The van der Waals surface area contributed by atoms with Crippen LogP contribution in [0.4, 0.5) is 0 Å². The van der Waals surface area contributed by atoms with Crippen molar-refractivity contribution in [3.63, 3.8) is 0 Å². The van der Waals surface area contributed by atoms with Crippen LogP contribution in [-0.2, 0) is 16.1 Å². The van der Waals surface area contributed by atoms with E-state index < -0.39 is 11.8 Å². The van der Waals surface area contributed by atoms with Crippen molar-refractivity contribution in [1.82, 2.24) is 14.7 Å². The van der Waals surface area contributed by atoms with Crippen LogP contribution < -0.4 is 0 Å². The summed E-state index contributed by atoms with van der Waals surface area (Å²) in [5.41, 5.74) is 1.61. The van der Waals surface area contributed by atoms with Crippen LogP contribution in [0.2, 0.25) is 0 Å². The zero-order valence-corrected chi connectivity index (χ0v) is 15.6. The SMILES string of the molecule is CCN1CCN(Cc2ccc(C(=O)N3CCCC(C)C3)cc2)C(=O)C1=O. The lowest BCUT2D eigenvalue weighted by atomic mass is 9.99. The fourth-order valence-corrected chi connectivity index (χ4v) is 3.70. The maximum Gasteiger partial charge on any atom is 0.312 e. The van der Waals surface area contributed by atoms with Gasteiger partial charge in [0.25, 0.3) is 5.91 Å². The number of benzene rings is 1. The van der Waals surface area contributed by atoms with Crippen molar-refractivity contribution < 1.29 is 14.4 Å². The maximum atomic E-state index is 12.6. The van der Waals surface area contributed by atoms with Crippen LogP contribution in [-0.4, -0.2) is 65.1 Å². The molecule has 2 aliphatic rings. The molecule has 1 atom stereocenters. The van der Waals surface area contributed by atoms with Crippen molar-refractivity contribution in [3.8, 4) is 0 Å². The molecule has 0 radical (unpaired) electrons. The Bertz CT molecular complexity index is 686. The fraction of sp³-hybridized carbons (Fsp3) is 0.550. The minimum atomic E-state index is -0.444. The number of hydrogen-bond donors (Lipinski definition) is 0. The first-order valence-electron chi connectivity index (χ1n) is 9.46. The second kappa shape index (κ2) is 7.89. The van der Waals surface area contributed by atoms with Crippen molar-refractivity contribution in [2.24, 2.45) is 5.92 Å². The molecule has 0 aromatic heterocycles. The van der Waals surface area contributed by atoms with Crippen molar-refractivity contribution in [2.45, 2.75) is 33.2 Å². The average Bonchev–Trinajstić information content (AvgIpc) is 2.66. The summed E-state index contributed by atoms with van der Waals surface area (Å²) in [6.07, 6.45) is 2.24. The van der Waals surface area contributed by atoms with E-state index in [2.05, 4.69) is 6.92 Å². The quantitative estimate of drug-likeness (QED) is 0.772. The van der Waals surface area contributed by atoms with Crippen LogP contribution in [0.15, 0.2) is 24.3 Å². The Kier molecular flexibility index (Phi) is 5.59. The molecule has 3 amide bonds. The summed E-state index contributed by atoms with van der Waals surface area (Å²) in [6.45, 7) is 7.78.